The van der Waals surface area contributed by atoms with Crippen LogP contribution in [0.2, 0.25) is 0 Å². The molecule has 1 fully saturated rings. The Bertz CT molecular complexity index is 457. The number of aliphatic hydroxyl groups excluding tert-OH is 1. The normalized spacial score (nSPS) is 30.1. The molecule has 1 aromatic rings. The van der Waals surface area contributed by atoms with Crippen molar-refractivity contribution in [2.24, 2.45) is 5.92 Å². The van der Waals surface area contributed by atoms with Crippen molar-refractivity contribution < 1.29 is 9.90 Å². The molecule has 3 rings (SSSR count). The minimum Gasteiger partial charge on any atom is -0.393 e. The number of amides is 1. The van der Waals surface area contributed by atoms with E-state index in [1.807, 2.05) is 0 Å². The second kappa shape index (κ2) is 5.33. The first kappa shape index (κ1) is 12.7. The van der Waals surface area contributed by atoms with Gasteiger partial charge in [-0.25, -0.2) is 0 Å². The maximum absolute atomic E-state index is 12.3. The van der Waals surface area contributed by atoms with Crippen LogP contribution in [0.15, 0.2) is 6.20 Å². The molecule has 104 valence electrons. The van der Waals surface area contributed by atoms with Gasteiger partial charge in [-0.2, -0.15) is 5.10 Å². The minimum atomic E-state index is -0.240. The molecular formula is C14H21N3O2. The van der Waals surface area contributed by atoms with Crippen LogP contribution in [-0.4, -0.2) is 33.9 Å². The maximum atomic E-state index is 12.3. The van der Waals surface area contributed by atoms with E-state index < -0.39 is 0 Å². The number of nitrogens with one attached hydrogen (secondary N) is 2. The van der Waals surface area contributed by atoms with Gasteiger partial charge in [0.15, 0.2) is 0 Å². The number of aryl methyl sites for hydroxylation is 1. The molecule has 2 aliphatic carbocycles. The Hall–Kier alpha value is -1.36. The number of hydrogen-bond donors (Lipinski definition) is 3. The molecule has 2 aliphatic rings. The third-order valence-corrected chi connectivity index (χ3v) is 4.52. The Labute approximate surface area is 112 Å². The molecule has 0 spiro atoms. The van der Waals surface area contributed by atoms with Gasteiger partial charge >= 0.3 is 0 Å². The largest absolute Gasteiger partial charge is 0.393 e. The minimum absolute atomic E-state index is 0.0685. The highest BCUT2D eigenvalue weighted by molar-refractivity contribution is 5.84. The predicted molar refractivity (Wildman–Crippen MR) is 70.6 cm³/mol. The number of rotatable bonds is 3. The molecule has 0 aliphatic heterocycles. The number of carbonyl (C=O) groups is 1. The number of carbonyl (C=O) groups excluding carboxylic acids is 1. The first-order valence-electron chi connectivity index (χ1n) is 7.23. The number of aromatic amines is 1. The van der Waals surface area contributed by atoms with E-state index in [1.54, 1.807) is 6.20 Å². The van der Waals surface area contributed by atoms with Crippen LogP contribution in [0.1, 0.15) is 49.3 Å². The van der Waals surface area contributed by atoms with Crippen LogP contribution in [0.4, 0.5) is 0 Å². The lowest BCUT2D eigenvalue weighted by atomic mass is 9.86. The third kappa shape index (κ3) is 2.52. The van der Waals surface area contributed by atoms with Crippen LogP contribution in [0.3, 0.4) is 0 Å². The smallest absolute Gasteiger partial charge is 0.227 e. The lowest BCUT2D eigenvalue weighted by molar-refractivity contribution is -0.123. The van der Waals surface area contributed by atoms with Crippen molar-refractivity contribution in [3.63, 3.8) is 0 Å². The fourth-order valence-corrected chi connectivity index (χ4v) is 3.34. The Morgan fingerprint density at radius 1 is 1.42 bits per heavy atom. The van der Waals surface area contributed by atoms with Crippen molar-refractivity contribution in [1.29, 1.82) is 0 Å². The molecule has 3 unspecified atom stereocenters. The van der Waals surface area contributed by atoms with Gasteiger partial charge in [-0.15, -0.1) is 0 Å². The van der Waals surface area contributed by atoms with Crippen molar-refractivity contribution in [3.8, 4) is 0 Å². The molecule has 1 saturated carbocycles. The van der Waals surface area contributed by atoms with Crippen molar-refractivity contribution >= 4 is 5.91 Å². The molecule has 0 aromatic carbocycles. The number of aliphatic hydroxyl groups is 1. The number of hydrogen-bond acceptors (Lipinski definition) is 3. The van der Waals surface area contributed by atoms with E-state index in [1.165, 1.54) is 0 Å². The van der Waals surface area contributed by atoms with Gasteiger partial charge in [-0.1, -0.05) is 6.42 Å². The fraction of sp³-hybridized carbons (Fsp3) is 0.714. The zero-order valence-electron chi connectivity index (χ0n) is 11.1. The average Bonchev–Trinajstić information content (AvgIpc) is 3.04. The average molecular weight is 263 g/mol. The van der Waals surface area contributed by atoms with Gasteiger partial charge in [-0.05, 0) is 32.1 Å². The van der Waals surface area contributed by atoms with Crippen LogP contribution >= 0.6 is 0 Å². The van der Waals surface area contributed by atoms with Gasteiger partial charge in [0, 0.05) is 23.7 Å². The molecular weight excluding hydrogens is 242 g/mol. The van der Waals surface area contributed by atoms with E-state index in [9.17, 15) is 9.90 Å². The summed E-state index contributed by atoms with van der Waals surface area (Å²) < 4.78 is 0. The summed E-state index contributed by atoms with van der Waals surface area (Å²) in [6.45, 7) is 0.601. The van der Waals surface area contributed by atoms with E-state index >= 15 is 0 Å². The van der Waals surface area contributed by atoms with Crippen LogP contribution in [0.5, 0.6) is 0 Å². The molecule has 1 heterocycles. The second-order valence-electron chi connectivity index (χ2n) is 5.75. The van der Waals surface area contributed by atoms with Gasteiger partial charge in [0.1, 0.15) is 0 Å². The highest BCUT2D eigenvalue weighted by atomic mass is 16.3. The van der Waals surface area contributed by atoms with Crippen molar-refractivity contribution in [2.45, 2.75) is 50.5 Å². The van der Waals surface area contributed by atoms with E-state index in [-0.39, 0.29) is 23.8 Å². The molecule has 0 saturated heterocycles. The number of nitrogens with zero attached hydrogens (tertiary/aromatic N) is 1. The zero-order valence-corrected chi connectivity index (χ0v) is 11.1. The molecule has 3 atom stereocenters. The fourth-order valence-electron chi connectivity index (χ4n) is 3.34. The summed E-state index contributed by atoms with van der Waals surface area (Å²) in [5.74, 6) is 0.249. The van der Waals surface area contributed by atoms with Crippen LogP contribution in [-0.2, 0) is 11.2 Å². The lowest BCUT2D eigenvalue weighted by Gasteiger charge is -2.22. The quantitative estimate of drug-likeness (QED) is 0.764. The lowest BCUT2D eigenvalue weighted by Crippen LogP contribution is -2.36. The molecule has 0 radical (unpaired) electrons. The Morgan fingerprint density at radius 2 is 2.32 bits per heavy atom. The second-order valence-corrected chi connectivity index (χ2v) is 5.75. The number of H-pyrrole nitrogens is 1. The van der Waals surface area contributed by atoms with E-state index in [0.717, 1.165) is 49.8 Å². The van der Waals surface area contributed by atoms with Crippen LogP contribution in [0, 0.1) is 5.92 Å². The monoisotopic (exact) mass is 263 g/mol. The predicted octanol–water partition coefficient (Wildman–Crippen LogP) is 1.11. The maximum Gasteiger partial charge on any atom is 0.227 e. The molecule has 1 amide bonds. The van der Waals surface area contributed by atoms with E-state index in [2.05, 4.69) is 15.5 Å². The van der Waals surface area contributed by atoms with Crippen LogP contribution < -0.4 is 5.32 Å². The standard InChI is InChI=1S/C14H21N3O2/c18-13-6-1-3-9(13)7-15-14(19)10-4-2-5-12-11(10)8-16-17-12/h8-10,13,18H,1-7H2,(H,15,19)(H,16,17). The molecule has 19 heavy (non-hydrogen) atoms. The summed E-state index contributed by atoms with van der Waals surface area (Å²) in [5, 5.41) is 19.8. The number of aromatic nitrogens is 2. The highest BCUT2D eigenvalue weighted by Gasteiger charge is 2.30. The zero-order chi connectivity index (χ0) is 13.2. The third-order valence-electron chi connectivity index (χ3n) is 4.52. The first-order valence-corrected chi connectivity index (χ1v) is 7.23. The Kier molecular flexibility index (Phi) is 3.55. The molecule has 3 N–H and O–H groups in total. The highest BCUT2D eigenvalue weighted by Crippen LogP contribution is 2.30. The summed E-state index contributed by atoms with van der Waals surface area (Å²) in [4.78, 5) is 12.3. The summed E-state index contributed by atoms with van der Waals surface area (Å²) in [7, 11) is 0. The van der Waals surface area contributed by atoms with Crippen molar-refractivity contribution in [1.82, 2.24) is 15.5 Å². The topological polar surface area (TPSA) is 78.0 Å². The van der Waals surface area contributed by atoms with Crippen molar-refractivity contribution in [3.05, 3.63) is 17.5 Å². The summed E-state index contributed by atoms with van der Waals surface area (Å²) in [5.41, 5.74) is 2.16. The van der Waals surface area contributed by atoms with Crippen LogP contribution in [0.25, 0.3) is 0 Å². The summed E-state index contributed by atoms with van der Waals surface area (Å²) in [6.07, 6.45) is 7.40. The number of fused-ring (bicyclic) bond motifs is 1. The SMILES string of the molecule is O=C(NCC1CCCC1O)C1CCCc2[nH]ncc21. The van der Waals surface area contributed by atoms with Gasteiger partial charge in [0.25, 0.3) is 0 Å². The molecule has 1 aromatic heterocycles. The molecule has 5 heteroatoms. The Morgan fingerprint density at radius 3 is 3.11 bits per heavy atom. The van der Waals surface area contributed by atoms with Crippen molar-refractivity contribution in [2.75, 3.05) is 6.54 Å². The van der Waals surface area contributed by atoms with Gasteiger partial charge < -0.3 is 10.4 Å². The van der Waals surface area contributed by atoms with E-state index in [4.69, 9.17) is 0 Å². The molecule has 5 nitrogen and oxygen atoms in total. The Balaban J connectivity index is 1.59. The van der Waals surface area contributed by atoms with Gasteiger partial charge in [0.05, 0.1) is 18.2 Å². The van der Waals surface area contributed by atoms with Gasteiger partial charge in [0.2, 0.25) is 5.91 Å². The summed E-state index contributed by atoms with van der Waals surface area (Å²) in [6, 6.07) is 0. The molecule has 0 bridgehead atoms. The van der Waals surface area contributed by atoms with E-state index in [0.29, 0.717) is 6.54 Å². The summed E-state index contributed by atoms with van der Waals surface area (Å²) >= 11 is 0. The van der Waals surface area contributed by atoms with Gasteiger partial charge in [-0.3, -0.25) is 9.89 Å². The first-order chi connectivity index (χ1) is 9.25.